The minimum Gasteiger partial charge on any atom is -0.339 e. The lowest BCUT2D eigenvalue weighted by Crippen LogP contribution is -2.45. The molecular formula is C14H22N6O. The van der Waals surface area contributed by atoms with Crippen LogP contribution in [0.5, 0.6) is 0 Å². The third kappa shape index (κ3) is 2.92. The van der Waals surface area contributed by atoms with Crippen molar-refractivity contribution in [3.63, 3.8) is 0 Å². The Morgan fingerprint density at radius 2 is 2.05 bits per heavy atom. The summed E-state index contributed by atoms with van der Waals surface area (Å²) in [6.45, 7) is 4.46. The van der Waals surface area contributed by atoms with Gasteiger partial charge in [-0.1, -0.05) is 0 Å². The van der Waals surface area contributed by atoms with Crippen LogP contribution >= 0.6 is 0 Å². The lowest BCUT2D eigenvalue weighted by atomic mass is 9.95. The van der Waals surface area contributed by atoms with E-state index < -0.39 is 0 Å². The summed E-state index contributed by atoms with van der Waals surface area (Å²) in [5.41, 5.74) is 0. The second-order valence-corrected chi connectivity index (χ2v) is 6.80. The topological polar surface area (TPSA) is 67.2 Å². The van der Waals surface area contributed by atoms with Crippen molar-refractivity contribution in [1.29, 1.82) is 0 Å². The molecule has 7 nitrogen and oxygen atoms in total. The number of aromatic nitrogens is 4. The first-order chi connectivity index (χ1) is 10.3. The molecule has 3 saturated heterocycles. The number of carbonyl (C=O) groups excluding carboxylic acids is 1. The van der Waals surface area contributed by atoms with Crippen LogP contribution in [-0.4, -0.2) is 68.1 Å². The molecule has 1 aliphatic carbocycles. The molecule has 4 heterocycles. The Balaban J connectivity index is 1.41. The van der Waals surface area contributed by atoms with Crippen LogP contribution in [0.1, 0.15) is 25.7 Å². The van der Waals surface area contributed by atoms with Crippen LogP contribution in [0.15, 0.2) is 6.33 Å². The highest BCUT2D eigenvalue weighted by Crippen LogP contribution is 2.34. The fourth-order valence-electron chi connectivity index (χ4n) is 3.73. The quantitative estimate of drug-likeness (QED) is 0.781. The van der Waals surface area contributed by atoms with Crippen molar-refractivity contribution in [3.05, 3.63) is 6.33 Å². The van der Waals surface area contributed by atoms with E-state index in [2.05, 4.69) is 20.4 Å². The second kappa shape index (κ2) is 5.36. The Morgan fingerprint density at radius 1 is 1.14 bits per heavy atom. The molecule has 7 heteroatoms. The van der Waals surface area contributed by atoms with Crippen molar-refractivity contribution < 1.29 is 4.79 Å². The summed E-state index contributed by atoms with van der Waals surface area (Å²) < 4.78 is 1.51. The number of rotatable bonds is 4. The van der Waals surface area contributed by atoms with E-state index in [9.17, 15) is 4.79 Å². The standard InChI is InChI=1S/C14H22N6O/c21-14(9-20-10-15-16-17-20)19-7-12-3-4-13(8-19)18(6-12)5-11-1-2-11/h10-13H,1-9H2/t12-,13-/m1/s1. The molecule has 1 aromatic heterocycles. The number of hydrogen-bond acceptors (Lipinski definition) is 5. The van der Waals surface area contributed by atoms with Crippen molar-refractivity contribution in [2.45, 2.75) is 38.3 Å². The Morgan fingerprint density at radius 3 is 2.81 bits per heavy atom. The van der Waals surface area contributed by atoms with Gasteiger partial charge in [-0.25, -0.2) is 4.68 Å². The Bertz CT molecular complexity index is 500. The number of nitrogens with zero attached hydrogens (tertiary/aromatic N) is 6. The van der Waals surface area contributed by atoms with Crippen LogP contribution in [-0.2, 0) is 11.3 Å². The summed E-state index contributed by atoms with van der Waals surface area (Å²) in [4.78, 5) is 17.2. The van der Waals surface area contributed by atoms with E-state index in [1.54, 1.807) is 0 Å². The third-order valence-corrected chi connectivity index (χ3v) is 5.06. The number of tetrazole rings is 1. The average Bonchev–Trinajstić information content (AvgIpc) is 3.22. The van der Waals surface area contributed by atoms with Gasteiger partial charge in [0.25, 0.3) is 0 Å². The predicted octanol–water partition coefficient (Wildman–Crippen LogP) is 0.00590. The summed E-state index contributed by atoms with van der Waals surface area (Å²) in [5.74, 6) is 1.71. The molecule has 3 aliphatic heterocycles. The fourth-order valence-corrected chi connectivity index (χ4v) is 3.73. The van der Waals surface area contributed by atoms with Gasteiger partial charge in [-0.15, -0.1) is 5.10 Å². The smallest absolute Gasteiger partial charge is 0.244 e. The first kappa shape index (κ1) is 13.2. The molecule has 0 spiro atoms. The highest BCUT2D eigenvalue weighted by molar-refractivity contribution is 5.76. The van der Waals surface area contributed by atoms with Gasteiger partial charge in [-0.2, -0.15) is 0 Å². The van der Waals surface area contributed by atoms with Crippen molar-refractivity contribution in [1.82, 2.24) is 30.0 Å². The monoisotopic (exact) mass is 290 g/mol. The highest BCUT2D eigenvalue weighted by atomic mass is 16.2. The third-order valence-electron chi connectivity index (χ3n) is 5.06. The van der Waals surface area contributed by atoms with E-state index >= 15 is 0 Å². The van der Waals surface area contributed by atoms with E-state index in [0.29, 0.717) is 12.0 Å². The molecule has 2 bridgehead atoms. The van der Waals surface area contributed by atoms with Crippen molar-refractivity contribution >= 4 is 5.91 Å². The predicted molar refractivity (Wildman–Crippen MR) is 75.2 cm³/mol. The lowest BCUT2D eigenvalue weighted by Gasteiger charge is -2.36. The van der Waals surface area contributed by atoms with E-state index in [1.807, 2.05) is 4.90 Å². The molecule has 1 saturated carbocycles. The minimum absolute atomic E-state index is 0.146. The maximum atomic E-state index is 12.5. The summed E-state index contributed by atoms with van der Waals surface area (Å²) in [5, 5.41) is 11.0. The number of amides is 1. The summed E-state index contributed by atoms with van der Waals surface area (Å²) in [7, 11) is 0. The number of carbonyl (C=O) groups is 1. The molecule has 2 atom stereocenters. The second-order valence-electron chi connectivity index (χ2n) is 6.80. The highest BCUT2D eigenvalue weighted by Gasteiger charge is 2.38. The van der Waals surface area contributed by atoms with Gasteiger partial charge in [0.05, 0.1) is 0 Å². The minimum atomic E-state index is 0.146. The van der Waals surface area contributed by atoms with Gasteiger partial charge in [-0.05, 0) is 47.9 Å². The van der Waals surface area contributed by atoms with E-state index in [4.69, 9.17) is 0 Å². The van der Waals surface area contributed by atoms with Gasteiger partial charge in [0.2, 0.25) is 5.91 Å². The molecule has 1 aromatic rings. The van der Waals surface area contributed by atoms with Crippen molar-refractivity contribution in [3.8, 4) is 0 Å². The summed E-state index contributed by atoms with van der Waals surface area (Å²) >= 11 is 0. The molecule has 0 aromatic carbocycles. The van der Waals surface area contributed by atoms with Crippen LogP contribution in [0.25, 0.3) is 0 Å². The first-order valence-electron chi connectivity index (χ1n) is 8.00. The molecule has 4 fully saturated rings. The van der Waals surface area contributed by atoms with E-state index in [1.165, 1.54) is 49.8 Å². The summed E-state index contributed by atoms with van der Waals surface area (Å²) in [6.07, 6.45) is 6.81. The van der Waals surface area contributed by atoms with Gasteiger partial charge in [0.1, 0.15) is 12.9 Å². The lowest BCUT2D eigenvalue weighted by molar-refractivity contribution is -0.132. The average molecular weight is 290 g/mol. The van der Waals surface area contributed by atoms with Gasteiger partial charge in [0, 0.05) is 32.2 Å². The van der Waals surface area contributed by atoms with Crippen LogP contribution in [0.4, 0.5) is 0 Å². The SMILES string of the molecule is O=C(Cn1cnnn1)N1C[C@@H]2CC[C@H](C1)N(CC1CC1)C2. The Kier molecular flexibility index (Phi) is 3.37. The summed E-state index contributed by atoms with van der Waals surface area (Å²) in [6, 6.07) is 0.558. The largest absolute Gasteiger partial charge is 0.339 e. The molecule has 0 radical (unpaired) electrons. The normalized spacial score (nSPS) is 29.6. The number of hydrogen-bond donors (Lipinski definition) is 0. The molecule has 0 unspecified atom stereocenters. The van der Waals surface area contributed by atoms with E-state index in [0.717, 1.165) is 19.0 Å². The maximum Gasteiger partial charge on any atom is 0.244 e. The molecule has 5 rings (SSSR count). The molecule has 0 N–H and O–H groups in total. The van der Waals surface area contributed by atoms with Gasteiger partial charge < -0.3 is 4.90 Å². The molecular weight excluding hydrogens is 268 g/mol. The van der Waals surface area contributed by atoms with Gasteiger partial charge in [0.15, 0.2) is 0 Å². The Labute approximate surface area is 124 Å². The molecule has 4 aliphatic rings. The molecule has 21 heavy (non-hydrogen) atoms. The van der Waals surface area contributed by atoms with Gasteiger partial charge in [-0.3, -0.25) is 9.69 Å². The van der Waals surface area contributed by atoms with Crippen LogP contribution in [0.2, 0.25) is 0 Å². The zero-order chi connectivity index (χ0) is 14.2. The maximum absolute atomic E-state index is 12.5. The van der Waals surface area contributed by atoms with Crippen LogP contribution in [0, 0.1) is 11.8 Å². The Hall–Kier alpha value is -1.50. The van der Waals surface area contributed by atoms with Crippen molar-refractivity contribution in [2.24, 2.45) is 11.8 Å². The van der Waals surface area contributed by atoms with Crippen LogP contribution < -0.4 is 0 Å². The number of piperidine rings is 1. The van der Waals surface area contributed by atoms with E-state index in [-0.39, 0.29) is 12.5 Å². The molecule has 114 valence electrons. The number of fused-ring (bicyclic) bond motifs is 4. The van der Waals surface area contributed by atoms with Gasteiger partial charge >= 0.3 is 0 Å². The molecule has 1 amide bonds. The fraction of sp³-hybridized carbons (Fsp3) is 0.857. The van der Waals surface area contributed by atoms with Crippen LogP contribution in [0.3, 0.4) is 0 Å². The van der Waals surface area contributed by atoms with Crippen molar-refractivity contribution in [2.75, 3.05) is 26.2 Å². The first-order valence-corrected chi connectivity index (χ1v) is 8.00. The zero-order valence-electron chi connectivity index (χ0n) is 12.3. The zero-order valence-corrected chi connectivity index (χ0v) is 12.3.